The Morgan fingerprint density at radius 2 is 1.97 bits per heavy atom. The number of carbonyl (C=O) groups excluding carboxylic acids is 1. The third kappa shape index (κ3) is 4.66. The fourth-order valence-electron chi connectivity index (χ4n) is 3.63. The molecule has 2 aromatic heterocycles. The van der Waals surface area contributed by atoms with E-state index in [0.717, 1.165) is 25.1 Å². The van der Waals surface area contributed by atoms with Crippen LogP contribution < -0.4 is 10.1 Å². The summed E-state index contributed by atoms with van der Waals surface area (Å²) in [5, 5.41) is 11.4. The molecule has 1 aliphatic rings. The number of hydrogen-bond acceptors (Lipinski definition) is 6. The number of aromatic nitrogens is 4. The van der Waals surface area contributed by atoms with Crippen LogP contribution in [0.3, 0.4) is 0 Å². The number of likely N-dealkylation sites (tertiary alicyclic amines) is 1. The molecule has 168 valence electrons. The molecule has 1 N–H and O–H groups in total. The predicted octanol–water partition coefficient (Wildman–Crippen LogP) is 3.41. The number of hydrogen-bond donors (Lipinski definition) is 1. The molecule has 0 bridgehead atoms. The third-order valence-electron chi connectivity index (χ3n) is 5.22. The van der Waals surface area contributed by atoms with Gasteiger partial charge in [-0.3, -0.25) is 4.79 Å². The summed E-state index contributed by atoms with van der Waals surface area (Å²) >= 11 is 0. The first-order chi connectivity index (χ1) is 15.3. The van der Waals surface area contributed by atoms with Crippen molar-refractivity contribution in [2.24, 2.45) is 0 Å². The lowest BCUT2D eigenvalue weighted by atomic mass is 10.0. The maximum absolute atomic E-state index is 13.3. The van der Waals surface area contributed by atoms with Gasteiger partial charge in [0.1, 0.15) is 17.3 Å². The van der Waals surface area contributed by atoms with E-state index in [4.69, 9.17) is 4.74 Å². The molecule has 1 atom stereocenters. The van der Waals surface area contributed by atoms with Gasteiger partial charge in [0.2, 0.25) is 0 Å². The topological polar surface area (TPSA) is 85.2 Å². The molecular weight excluding hydrogens is 425 g/mol. The number of carbonyl (C=O) groups is 1. The largest absolute Gasteiger partial charge is 0.497 e. The lowest BCUT2D eigenvalue weighted by Gasteiger charge is -2.33. The zero-order chi connectivity index (χ0) is 22.7. The second-order valence-corrected chi connectivity index (χ2v) is 7.37. The molecule has 11 heteroatoms. The highest BCUT2D eigenvalue weighted by Gasteiger charge is 2.31. The van der Waals surface area contributed by atoms with Crippen molar-refractivity contribution >= 4 is 11.7 Å². The summed E-state index contributed by atoms with van der Waals surface area (Å²) in [6.45, 7) is 0.953. The van der Waals surface area contributed by atoms with Gasteiger partial charge in [0, 0.05) is 31.4 Å². The molecule has 32 heavy (non-hydrogen) atoms. The van der Waals surface area contributed by atoms with Crippen molar-refractivity contribution in [1.29, 1.82) is 0 Å². The Morgan fingerprint density at radius 3 is 2.62 bits per heavy atom. The highest BCUT2D eigenvalue weighted by Crippen LogP contribution is 2.29. The van der Waals surface area contributed by atoms with Crippen LogP contribution in [0.4, 0.5) is 19.0 Å². The molecule has 1 aromatic carbocycles. The van der Waals surface area contributed by atoms with E-state index < -0.39 is 11.7 Å². The molecule has 3 aromatic rings. The number of amides is 1. The molecule has 8 nitrogen and oxygen atoms in total. The summed E-state index contributed by atoms with van der Waals surface area (Å²) in [5.74, 6) is 0.718. The van der Waals surface area contributed by atoms with Crippen molar-refractivity contribution in [1.82, 2.24) is 24.9 Å². The number of nitrogens with one attached hydrogen (secondary N) is 1. The summed E-state index contributed by atoms with van der Waals surface area (Å²) in [5.41, 5.74) is 0.122. The van der Waals surface area contributed by atoms with Gasteiger partial charge in [-0.2, -0.15) is 28.2 Å². The number of nitrogens with zero attached hydrogens (tertiary/aromatic N) is 5. The van der Waals surface area contributed by atoms with Crippen molar-refractivity contribution in [2.75, 3.05) is 25.5 Å². The second-order valence-electron chi connectivity index (χ2n) is 7.37. The quantitative estimate of drug-likeness (QED) is 0.647. The molecule has 1 amide bonds. The number of rotatable bonds is 5. The Labute approximate surface area is 182 Å². The van der Waals surface area contributed by atoms with E-state index in [1.165, 1.54) is 30.4 Å². The van der Waals surface area contributed by atoms with Crippen LogP contribution in [0, 0.1) is 0 Å². The molecule has 1 aliphatic heterocycles. The number of alkyl halides is 3. The van der Waals surface area contributed by atoms with Crippen LogP contribution in [0.15, 0.2) is 48.9 Å². The predicted molar refractivity (Wildman–Crippen MR) is 110 cm³/mol. The molecular formula is C21H21F3N6O2. The molecule has 0 spiro atoms. The number of methoxy groups -OCH3 is 1. The zero-order valence-electron chi connectivity index (χ0n) is 17.2. The molecule has 4 rings (SSSR count). The number of ether oxygens (including phenoxy) is 1. The van der Waals surface area contributed by atoms with Gasteiger partial charge in [-0.05, 0) is 37.1 Å². The van der Waals surface area contributed by atoms with E-state index in [0.29, 0.717) is 35.9 Å². The first-order valence-electron chi connectivity index (χ1n) is 9.99. The Bertz CT molecular complexity index is 1070. The number of halogens is 3. The van der Waals surface area contributed by atoms with E-state index >= 15 is 0 Å². The van der Waals surface area contributed by atoms with Crippen molar-refractivity contribution in [3.05, 3.63) is 60.0 Å². The van der Waals surface area contributed by atoms with Gasteiger partial charge in [0.05, 0.1) is 30.6 Å². The maximum atomic E-state index is 13.3. The molecule has 0 radical (unpaired) electrons. The average molecular weight is 446 g/mol. The minimum absolute atomic E-state index is 0.138. The van der Waals surface area contributed by atoms with Gasteiger partial charge in [-0.1, -0.05) is 0 Å². The van der Waals surface area contributed by atoms with Crippen molar-refractivity contribution in [2.45, 2.75) is 25.1 Å². The molecule has 0 aliphatic carbocycles. The third-order valence-corrected chi connectivity index (χ3v) is 5.22. The minimum atomic E-state index is -4.43. The lowest BCUT2D eigenvalue weighted by molar-refractivity contribution is -0.137. The van der Waals surface area contributed by atoms with Crippen molar-refractivity contribution < 1.29 is 22.7 Å². The van der Waals surface area contributed by atoms with Crippen LogP contribution in [-0.2, 0) is 6.18 Å². The first-order valence-corrected chi connectivity index (χ1v) is 9.99. The van der Waals surface area contributed by atoms with Gasteiger partial charge >= 0.3 is 6.18 Å². The van der Waals surface area contributed by atoms with E-state index in [2.05, 4.69) is 20.5 Å². The van der Waals surface area contributed by atoms with Crippen LogP contribution >= 0.6 is 0 Å². The van der Waals surface area contributed by atoms with Gasteiger partial charge in [0.25, 0.3) is 5.91 Å². The molecule has 0 unspecified atom stereocenters. The summed E-state index contributed by atoms with van der Waals surface area (Å²) < 4.78 is 43.5. The van der Waals surface area contributed by atoms with Crippen LogP contribution in [0.5, 0.6) is 5.75 Å². The van der Waals surface area contributed by atoms with E-state index in [9.17, 15) is 18.0 Å². The summed E-state index contributed by atoms with van der Waals surface area (Å²) in [7, 11) is 1.54. The Balaban J connectivity index is 1.50. The summed E-state index contributed by atoms with van der Waals surface area (Å²) in [4.78, 5) is 20.3. The Hall–Kier alpha value is -3.63. The first kappa shape index (κ1) is 21.6. The number of benzene rings is 1. The van der Waals surface area contributed by atoms with Gasteiger partial charge in [-0.15, -0.1) is 0 Å². The minimum Gasteiger partial charge on any atom is -0.497 e. The number of anilines is 1. The highest BCUT2D eigenvalue weighted by atomic mass is 19.4. The fraction of sp³-hybridized carbons (Fsp3) is 0.333. The van der Waals surface area contributed by atoms with Gasteiger partial charge < -0.3 is 15.0 Å². The van der Waals surface area contributed by atoms with Crippen molar-refractivity contribution in [3.8, 4) is 11.4 Å². The normalized spacial score (nSPS) is 16.6. The molecule has 1 fully saturated rings. The number of pyridine rings is 1. The smallest absolute Gasteiger partial charge is 0.417 e. The van der Waals surface area contributed by atoms with E-state index in [-0.39, 0.29) is 11.9 Å². The van der Waals surface area contributed by atoms with Gasteiger partial charge in [-0.25, -0.2) is 4.98 Å². The second kappa shape index (κ2) is 8.85. The fourth-order valence-corrected chi connectivity index (χ4v) is 3.63. The Kier molecular flexibility index (Phi) is 5.97. The number of piperidine rings is 1. The monoisotopic (exact) mass is 446 g/mol. The van der Waals surface area contributed by atoms with Crippen molar-refractivity contribution in [3.63, 3.8) is 0 Å². The molecule has 1 saturated heterocycles. The van der Waals surface area contributed by atoms with Gasteiger partial charge in [0.15, 0.2) is 0 Å². The van der Waals surface area contributed by atoms with Crippen LogP contribution in [-0.4, -0.2) is 57.0 Å². The summed E-state index contributed by atoms with van der Waals surface area (Å²) in [6.07, 6.45) is 0.920. The van der Waals surface area contributed by atoms with Crippen LogP contribution in [0.25, 0.3) is 5.69 Å². The average Bonchev–Trinajstić information content (AvgIpc) is 3.33. The molecule has 0 saturated carbocycles. The highest BCUT2D eigenvalue weighted by molar-refractivity contribution is 5.98. The molecule has 3 heterocycles. The SMILES string of the molecule is COc1ccc(C(=O)N2CCC[C@@H](Nc3ccc(C(F)(F)F)cn3)C2)c(-n2nccn2)c1. The van der Waals surface area contributed by atoms with Crippen LogP contribution in [0.1, 0.15) is 28.8 Å². The standard InChI is InChI=1S/C21H21F3N6O2/c1-32-16-5-6-17(18(11-16)30-26-8-9-27-30)20(31)29-10-2-3-15(13-29)28-19-7-4-14(12-25-19)21(22,23)24/h4-9,11-12,15H,2-3,10,13H2,1H3,(H,25,28)/t15-/m1/s1. The Morgan fingerprint density at radius 1 is 1.19 bits per heavy atom. The van der Waals surface area contributed by atoms with E-state index in [1.54, 1.807) is 23.1 Å². The lowest BCUT2D eigenvalue weighted by Crippen LogP contribution is -2.45. The van der Waals surface area contributed by atoms with Crippen LogP contribution in [0.2, 0.25) is 0 Å². The van der Waals surface area contributed by atoms with E-state index in [1.807, 2.05) is 0 Å². The summed E-state index contributed by atoms with van der Waals surface area (Å²) in [6, 6.07) is 7.22. The maximum Gasteiger partial charge on any atom is 0.417 e. The zero-order valence-corrected chi connectivity index (χ0v) is 17.2.